The predicted octanol–water partition coefficient (Wildman–Crippen LogP) is 2.37. The summed E-state index contributed by atoms with van der Waals surface area (Å²) in [5.74, 6) is 0.933. The first-order valence-corrected chi connectivity index (χ1v) is 13.6. The van der Waals surface area contributed by atoms with E-state index in [0.717, 1.165) is 17.5 Å². The van der Waals surface area contributed by atoms with Gasteiger partial charge in [-0.2, -0.15) is 17.0 Å². The Kier molecular flexibility index (Phi) is 6.25. The van der Waals surface area contributed by atoms with Crippen LogP contribution >= 0.6 is 11.6 Å². The molecule has 9 nitrogen and oxygen atoms in total. The Hall–Kier alpha value is -1.59. The van der Waals surface area contributed by atoms with Crippen LogP contribution in [0.3, 0.4) is 0 Å². The maximum atomic E-state index is 14.0. The lowest BCUT2D eigenvalue weighted by Gasteiger charge is -2.55. The van der Waals surface area contributed by atoms with Crippen LogP contribution in [-0.4, -0.2) is 86.0 Å². The summed E-state index contributed by atoms with van der Waals surface area (Å²) in [7, 11) is -0.775. The lowest BCUT2D eigenvalue weighted by molar-refractivity contribution is -0.150. The van der Waals surface area contributed by atoms with Crippen LogP contribution in [0.4, 0.5) is 0 Å². The monoisotopic (exact) mass is 513 g/mol. The molecule has 4 aliphatic heterocycles. The molecule has 3 saturated heterocycles. The van der Waals surface area contributed by atoms with Gasteiger partial charge >= 0.3 is 0 Å². The molecule has 5 atom stereocenters. The van der Waals surface area contributed by atoms with Crippen molar-refractivity contribution in [1.82, 2.24) is 13.5 Å². The summed E-state index contributed by atoms with van der Waals surface area (Å²) in [6, 6.07) is 0.188. The number of morpholine rings is 1. The molecule has 4 aliphatic rings. The van der Waals surface area contributed by atoms with Gasteiger partial charge in [0, 0.05) is 31.3 Å². The minimum absolute atomic E-state index is 0.140. The number of amides is 1. The fraction of sp³-hybridized carbons (Fsp3) is 0.696. The zero-order valence-corrected chi connectivity index (χ0v) is 21.6. The molecule has 34 heavy (non-hydrogen) atoms. The van der Waals surface area contributed by atoms with Crippen molar-refractivity contribution in [3.05, 3.63) is 22.2 Å². The van der Waals surface area contributed by atoms with Gasteiger partial charge in [0.05, 0.1) is 43.5 Å². The van der Waals surface area contributed by atoms with Crippen LogP contribution in [0, 0.1) is 0 Å². The number of rotatable bonds is 4. The van der Waals surface area contributed by atoms with Crippen LogP contribution in [0.15, 0.2) is 6.07 Å². The van der Waals surface area contributed by atoms with Crippen LogP contribution in [0.25, 0.3) is 0 Å². The average molecular weight is 514 g/mol. The number of nitrogens with zero attached hydrogens (tertiary/aromatic N) is 3. The highest BCUT2D eigenvalue weighted by Gasteiger charge is 2.57. The van der Waals surface area contributed by atoms with E-state index in [0.29, 0.717) is 42.3 Å². The molecule has 1 aromatic carbocycles. The van der Waals surface area contributed by atoms with Gasteiger partial charge in [-0.3, -0.25) is 4.79 Å². The molecule has 0 spiro atoms. The summed E-state index contributed by atoms with van der Waals surface area (Å²) in [5, 5.41) is 0.494. The highest BCUT2D eigenvalue weighted by Crippen LogP contribution is 2.51. The first-order chi connectivity index (χ1) is 16.2. The smallest absolute Gasteiger partial charge is 0.283 e. The zero-order chi connectivity index (χ0) is 24.4. The van der Waals surface area contributed by atoms with Crippen molar-refractivity contribution in [1.29, 1.82) is 0 Å². The summed E-state index contributed by atoms with van der Waals surface area (Å²) in [6.07, 6.45) is 2.12. The van der Waals surface area contributed by atoms with E-state index in [-0.39, 0.29) is 31.2 Å². The zero-order valence-electron chi connectivity index (χ0n) is 20.0. The molecule has 11 heteroatoms. The van der Waals surface area contributed by atoms with Crippen molar-refractivity contribution in [2.24, 2.45) is 0 Å². The van der Waals surface area contributed by atoms with Crippen molar-refractivity contribution in [2.75, 3.05) is 33.9 Å². The molecule has 0 saturated carbocycles. The molecule has 1 amide bonds. The second kappa shape index (κ2) is 8.81. The summed E-state index contributed by atoms with van der Waals surface area (Å²) in [4.78, 5) is 15.6. The number of methoxy groups -OCH3 is 2. The van der Waals surface area contributed by atoms with Gasteiger partial charge in [-0.1, -0.05) is 11.6 Å². The number of hydrogen-bond acceptors (Lipinski definition) is 6. The van der Waals surface area contributed by atoms with Gasteiger partial charge in [0.25, 0.3) is 10.2 Å². The Labute approximate surface area is 206 Å². The van der Waals surface area contributed by atoms with Crippen LogP contribution in [0.5, 0.6) is 11.5 Å². The van der Waals surface area contributed by atoms with Crippen LogP contribution in [0.2, 0.25) is 5.02 Å². The standard InChI is InChI=1S/C23H32ClN3O6S/c1-13-11-25(12-14(2)33-13)34(29,30)27-16-6-5-7-17(27)23(28)26-9-8-15-20(22(16)26)18(31-3)10-19(32-4)21(15)24/h10,13-14,16-17,22H,5-9,11-12H2,1-4H3/t13-,14+,16?,17?,22?. The highest BCUT2D eigenvalue weighted by atomic mass is 35.5. The van der Waals surface area contributed by atoms with E-state index >= 15 is 0 Å². The molecule has 3 fully saturated rings. The predicted molar refractivity (Wildman–Crippen MR) is 126 cm³/mol. The third-order valence-corrected chi connectivity index (χ3v) is 9.95. The van der Waals surface area contributed by atoms with Crippen molar-refractivity contribution in [3.8, 4) is 11.5 Å². The first-order valence-electron chi connectivity index (χ1n) is 11.9. The minimum atomic E-state index is -3.90. The average Bonchev–Trinajstić information content (AvgIpc) is 2.81. The van der Waals surface area contributed by atoms with Gasteiger partial charge in [-0.05, 0) is 45.1 Å². The van der Waals surface area contributed by atoms with Gasteiger partial charge in [-0.15, -0.1) is 0 Å². The molecule has 4 heterocycles. The van der Waals surface area contributed by atoms with Crippen LogP contribution in [0.1, 0.15) is 50.3 Å². The van der Waals surface area contributed by atoms with Gasteiger partial charge in [0.1, 0.15) is 17.5 Å². The molecule has 2 bridgehead atoms. The van der Waals surface area contributed by atoms with Gasteiger partial charge in [0.2, 0.25) is 5.91 Å². The van der Waals surface area contributed by atoms with Crippen LogP contribution in [-0.2, 0) is 26.2 Å². The fourth-order valence-electron chi connectivity index (χ4n) is 6.25. The maximum Gasteiger partial charge on any atom is 0.283 e. The second-order valence-electron chi connectivity index (χ2n) is 9.64. The van der Waals surface area contributed by atoms with Crippen molar-refractivity contribution >= 4 is 27.7 Å². The number of piperazine rings is 1. The Morgan fingerprint density at radius 2 is 1.76 bits per heavy atom. The minimum Gasteiger partial charge on any atom is -0.496 e. The van der Waals surface area contributed by atoms with E-state index in [1.54, 1.807) is 20.3 Å². The Balaban J connectivity index is 1.63. The lowest BCUT2D eigenvalue weighted by Crippen LogP contribution is -2.69. The quantitative estimate of drug-likeness (QED) is 0.614. The third-order valence-electron chi connectivity index (χ3n) is 7.53. The van der Waals surface area contributed by atoms with Crippen molar-refractivity contribution < 1.29 is 27.4 Å². The summed E-state index contributed by atoms with van der Waals surface area (Å²) in [6.45, 7) is 4.78. The fourth-order valence-corrected chi connectivity index (χ4v) is 8.72. The lowest BCUT2D eigenvalue weighted by atomic mass is 9.79. The largest absolute Gasteiger partial charge is 0.496 e. The number of halogens is 1. The number of fused-ring (bicyclic) bond motifs is 6. The van der Waals surface area contributed by atoms with E-state index in [9.17, 15) is 13.2 Å². The molecule has 0 N–H and O–H groups in total. The number of carbonyl (C=O) groups excluding carboxylic acids is 1. The van der Waals surface area contributed by atoms with E-state index in [2.05, 4.69) is 0 Å². The van der Waals surface area contributed by atoms with E-state index in [4.69, 9.17) is 25.8 Å². The van der Waals surface area contributed by atoms with Gasteiger partial charge < -0.3 is 19.1 Å². The van der Waals surface area contributed by atoms with E-state index in [1.807, 2.05) is 18.7 Å². The Morgan fingerprint density at radius 1 is 1.09 bits per heavy atom. The number of carbonyl (C=O) groups is 1. The number of hydrogen-bond donors (Lipinski definition) is 0. The molecule has 1 aromatic rings. The maximum absolute atomic E-state index is 14.0. The summed E-state index contributed by atoms with van der Waals surface area (Å²) < 4.78 is 48.0. The van der Waals surface area contributed by atoms with E-state index in [1.165, 1.54) is 8.61 Å². The highest BCUT2D eigenvalue weighted by molar-refractivity contribution is 7.86. The second-order valence-corrected chi connectivity index (χ2v) is 11.9. The summed E-state index contributed by atoms with van der Waals surface area (Å²) >= 11 is 6.70. The SMILES string of the molecule is COc1cc(OC)c2c(c1Cl)CCN1C(=O)C3CCCC(C21)N3S(=O)(=O)N1C[C@@H](C)O[C@@H](C)C1. The normalized spacial score (nSPS) is 32.2. The molecular weight excluding hydrogens is 482 g/mol. The van der Waals surface area contributed by atoms with Gasteiger partial charge in [-0.25, -0.2) is 0 Å². The van der Waals surface area contributed by atoms with Crippen LogP contribution < -0.4 is 9.47 Å². The number of benzene rings is 1. The molecule has 188 valence electrons. The van der Waals surface area contributed by atoms with E-state index < -0.39 is 28.3 Å². The third kappa shape index (κ3) is 3.61. The Morgan fingerprint density at radius 3 is 2.41 bits per heavy atom. The summed E-state index contributed by atoms with van der Waals surface area (Å²) in [5.41, 5.74) is 1.66. The molecule has 3 unspecified atom stereocenters. The van der Waals surface area contributed by atoms with Crippen molar-refractivity contribution in [2.45, 2.75) is 69.9 Å². The van der Waals surface area contributed by atoms with Gasteiger partial charge in [0.15, 0.2) is 0 Å². The molecule has 0 aliphatic carbocycles. The topological polar surface area (TPSA) is 88.6 Å². The molecule has 0 radical (unpaired) electrons. The Bertz CT molecular complexity index is 1090. The molecule has 5 rings (SSSR count). The molecular formula is C23H32ClN3O6S. The first kappa shape index (κ1) is 24.1. The van der Waals surface area contributed by atoms with Crippen molar-refractivity contribution in [3.63, 3.8) is 0 Å². The number of ether oxygens (including phenoxy) is 3. The number of piperidine rings is 1. The molecule has 0 aromatic heterocycles.